The molecular formula is C33H35P. The Morgan fingerprint density at radius 2 is 1.59 bits per heavy atom. The number of benzene rings is 3. The van der Waals surface area contributed by atoms with Gasteiger partial charge in [-0.1, -0.05) is 77.9 Å². The molecule has 3 aromatic rings. The fraction of sp³-hybridized carbons (Fsp3) is 0.303. The molecule has 172 valence electrons. The topological polar surface area (TPSA) is 0 Å². The molecule has 3 aliphatic rings. The average Bonchev–Trinajstić information content (AvgIpc) is 3.23. The van der Waals surface area contributed by atoms with Crippen LogP contribution in [-0.2, 0) is 12.8 Å². The molecule has 0 aromatic heterocycles. The average molecular weight is 463 g/mol. The lowest BCUT2D eigenvalue weighted by Crippen LogP contribution is -2.11. The molecule has 0 radical (unpaired) electrons. The standard InChI is InChI=1S/C33H35P/c1-23-10-14-25(15-11-23)26-16-12-24(13-17-26)19-28-21-31-29(20-27-7-3-4-8-30(27)31)22-32(28)33-9-5-6-18-34(33)2/h4,8,10-17,21-22,34H,3,5-7,9,18-20H2,1-2H3. The van der Waals surface area contributed by atoms with E-state index >= 15 is 0 Å². The molecule has 1 atom stereocenters. The van der Waals surface area contributed by atoms with Crippen LogP contribution in [0.25, 0.3) is 16.7 Å². The summed E-state index contributed by atoms with van der Waals surface area (Å²) in [6.45, 7) is 4.70. The number of rotatable bonds is 4. The minimum Gasteiger partial charge on any atom is -0.116 e. The first-order valence-electron chi connectivity index (χ1n) is 13.1. The van der Waals surface area contributed by atoms with E-state index in [4.69, 9.17) is 0 Å². The smallest absolute Gasteiger partial charge is 0.00195 e. The third-order valence-corrected chi connectivity index (χ3v) is 10.8. The van der Waals surface area contributed by atoms with Crippen molar-refractivity contribution in [3.05, 3.63) is 112 Å². The summed E-state index contributed by atoms with van der Waals surface area (Å²) in [6.07, 6.45) is 15.0. The highest BCUT2D eigenvalue weighted by atomic mass is 31.1. The molecule has 0 N–H and O–H groups in total. The Bertz CT molecular complexity index is 1330. The molecule has 6 rings (SSSR count). The molecular weight excluding hydrogens is 427 g/mol. The molecule has 34 heavy (non-hydrogen) atoms. The Labute approximate surface area is 205 Å². The van der Waals surface area contributed by atoms with Crippen LogP contribution in [0.5, 0.6) is 0 Å². The third-order valence-electron chi connectivity index (χ3n) is 8.10. The second-order valence-corrected chi connectivity index (χ2v) is 13.2. The molecule has 0 fully saturated rings. The van der Waals surface area contributed by atoms with Gasteiger partial charge in [-0.15, -0.1) is 7.55 Å². The van der Waals surface area contributed by atoms with Crippen molar-refractivity contribution in [3.8, 4) is 11.1 Å². The first kappa shape index (κ1) is 21.9. The van der Waals surface area contributed by atoms with Gasteiger partial charge in [0.25, 0.3) is 0 Å². The van der Waals surface area contributed by atoms with Crippen molar-refractivity contribution in [1.82, 2.24) is 0 Å². The highest BCUT2D eigenvalue weighted by Crippen LogP contribution is 2.42. The highest BCUT2D eigenvalue weighted by molar-refractivity contribution is 7.58. The van der Waals surface area contributed by atoms with Gasteiger partial charge >= 0.3 is 0 Å². The molecule has 0 saturated carbocycles. The van der Waals surface area contributed by atoms with Crippen molar-refractivity contribution in [3.63, 3.8) is 0 Å². The summed E-state index contributed by atoms with van der Waals surface area (Å²) in [7, 11) is -0.396. The number of hydrogen-bond donors (Lipinski definition) is 0. The van der Waals surface area contributed by atoms with Gasteiger partial charge in [0.05, 0.1) is 0 Å². The number of allylic oxidation sites excluding steroid dienone is 4. The van der Waals surface area contributed by atoms with Crippen molar-refractivity contribution in [2.45, 2.75) is 51.9 Å². The summed E-state index contributed by atoms with van der Waals surface area (Å²) in [5.74, 6) is 0. The second kappa shape index (κ2) is 9.24. The Hall–Kier alpha value is -2.56. The van der Waals surface area contributed by atoms with Crippen LogP contribution in [0, 0.1) is 6.92 Å². The summed E-state index contributed by atoms with van der Waals surface area (Å²) < 4.78 is 0. The van der Waals surface area contributed by atoms with E-state index in [-0.39, 0.29) is 0 Å². The largest absolute Gasteiger partial charge is 0.116 e. The van der Waals surface area contributed by atoms with Gasteiger partial charge in [0.2, 0.25) is 0 Å². The van der Waals surface area contributed by atoms with Crippen molar-refractivity contribution >= 4 is 18.4 Å². The van der Waals surface area contributed by atoms with E-state index in [0.717, 1.165) is 6.42 Å². The van der Waals surface area contributed by atoms with Crippen LogP contribution < -0.4 is 0 Å². The van der Waals surface area contributed by atoms with Gasteiger partial charge in [-0.25, -0.2) is 0 Å². The predicted octanol–water partition coefficient (Wildman–Crippen LogP) is 8.46. The zero-order valence-electron chi connectivity index (χ0n) is 20.6. The van der Waals surface area contributed by atoms with E-state index in [9.17, 15) is 0 Å². The summed E-state index contributed by atoms with van der Waals surface area (Å²) in [5, 5.41) is 1.81. The summed E-state index contributed by atoms with van der Waals surface area (Å²) in [6, 6.07) is 23.4. The van der Waals surface area contributed by atoms with Crippen LogP contribution in [-0.4, -0.2) is 18.1 Å². The van der Waals surface area contributed by atoms with Crippen molar-refractivity contribution in [2.24, 2.45) is 0 Å². The van der Waals surface area contributed by atoms with Gasteiger partial charge in [-0.3, -0.25) is 0 Å². The zero-order chi connectivity index (χ0) is 23.1. The van der Waals surface area contributed by atoms with Crippen LogP contribution >= 0.6 is 7.55 Å². The molecule has 0 amide bonds. The molecule has 0 saturated heterocycles. The van der Waals surface area contributed by atoms with Crippen molar-refractivity contribution < 1.29 is 0 Å². The summed E-state index contributed by atoms with van der Waals surface area (Å²) in [4.78, 5) is 0. The maximum atomic E-state index is 2.62. The van der Waals surface area contributed by atoms with E-state index in [1.165, 1.54) is 78.1 Å². The predicted molar refractivity (Wildman–Crippen MR) is 152 cm³/mol. The van der Waals surface area contributed by atoms with Crippen LogP contribution in [0.4, 0.5) is 0 Å². The molecule has 3 aromatic carbocycles. The van der Waals surface area contributed by atoms with Gasteiger partial charge in [0.15, 0.2) is 0 Å². The highest BCUT2D eigenvalue weighted by Gasteiger charge is 2.24. The van der Waals surface area contributed by atoms with Crippen LogP contribution in [0.1, 0.15) is 65.5 Å². The molecule has 1 heteroatoms. The van der Waals surface area contributed by atoms with Gasteiger partial charge in [-0.2, -0.15) is 0 Å². The molecule has 0 bridgehead atoms. The second-order valence-electron chi connectivity index (χ2n) is 10.5. The normalized spacial score (nSPS) is 19.4. The summed E-state index contributed by atoms with van der Waals surface area (Å²) >= 11 is 0. The molecule has 0 nitrogen and oxygen atoms in total. The first-order valence-corrected chi connectivity index (χ1v) is 15.3. The maximum Gasteiger partial charge on any atom is -0.00195 e. The fourth-order valence-electron chi connectivity index (χ4n) is 6.12. The Balaban J connectivity index is 1.38. The van der Waals surface area contributed by atoms with Crippen molar-refractivity contribution in [1.29, 1.82) is 0 Å². The van der Waals surface area contributed by atoms with E-state index in [1.807, 2.05) is 5.29 Å². The molecule has 0 spiro atoms. The molecule has 1 aliphatic heterocycles. The zero-order valence-corrected chi connectivity index (χ0v) is 21.6. The van der Waals surface area contributed by atoms with Gasteiger partial charge < -0.3 is 0 Å². The molecule has 1 heterocycles. The maximum absolute atomic E-state index is 2.62. The lowest BCUT2D eigenvalue weighted by molar-refractivity contribution is 0.837. The monoisotopic (exact) mass is 462 g/mol. The lowest BCUT2D eigenvalue weighted by atomic mass is 9.90. The van der Waals surface area contributed by atoms with E-state index in [0.29, 0.717) is 0 Å². The minimum absolute atomic E-state index is 0.396. The van der Waals surface area contributed by atoms with Crippen LogP contribution in [0.2, 0.25) is 0 Å². The number of aryl methyl sites for hydroxylation is 1. The number of fused-ring (bicyclic) bond motifs is 2. The molecule has 2 aliphatic carbocycles. The van der Waals surface area contributed by atoms with E-state index in [1.54, 1.807) is 22.3 Å². The van der Waals surface area contributed by atoms with E-state index < -0.39 is 7.55 Å². The Morgan fingerprint density at radius 3 is 2.35 bits per heavy atom. The summed E-state index contributed by atoms with van der Waals surface area (Å²) in [5.41, 5.74) is 14.8. The van der Waals surface area contributed by atoms with Gasteiger partial charge in [0.1, 0.15) is 0 Å². The molecule has 1 unspecified atom stereocenters. The van der Waals surface area contributed by atoms with Gasteiger partial charge in [-0.05, 0) is 121 Å². The lowest BCUT2D eigenvalue weighted by Gasteiger charge is -2.23. The number of hydrogen-bond acceptors (Lipinski definition) is 0. The van der Waals surface area contributed by atoms with Crippen LogP contribution in [0.15, 0.2) is 78.4 Å². The quantitative estimate of drug-likeness (QED) is 0.341. The fourth-order valence-corrected chi connectivity index (χ4v) is 8.50. The van der Waals surface area contributed by atoms with Crippen molar-refractivity contribution in [2.75, 3.05) is 12.8 Å². The van der Waals surface area contributed by atoms with E-state index in [2.05, 4.69) is 86.4 Å². The Morgan fingerprint density at radius 1 is 0.824 bits per heavy atom. The first-order chi connectivity index (χ1) is 16.7. The van der Waals surface area contributed by atoms with Crippen LogP contribution in [0.3, 0.4) is 0 Å². The minimum atomic E-state index is -0.396. The van der Waals surface area contributed by atoms with Gasteiger partial charge in [0, 0.05) is 0 Å². The SMILES string of the molecule is Cc1ccc(-c2ccc(Cc3cc4c(cc3C3=[PH](C)CCCC3)CC3=C4C=CCC3)cc2)cc1. The Kier molecular flexibility index (Phi) is 5.96. The third kappa shape index (κ3) is 4.18.